The van der Waals surface area contributed by atoms with Crippen LogP contribution in [0.15, 0.2) is 59.5 Å². The highest BCUT2D eigenvalue weighted by molar-refractivity contribution is 7.90. The second kappa shape index (κ2) is 11.3. The number of carbonyl (C=O) groups excluding carboxylic acids is 3. The first kappa shape index (κ1) is 25.4. The number of hydrogen-bond donors (Lipinski definition) is 1. The third-order valence-corrected chi connectivity index (χ3v) is 7.71. The fourth-order valence-electron chi connectivity index (χ4n) is 3.94. The summed E-state index contributed by atoms with van der Waals surface area (Å²) in [7, 11) is -3.91. The predicted octanol–water partition coefficient (Wildman–Crippen LogP) is 2.60. The monoisotopic (exact) mass is 485 g/mol. The molecule has 0 saturated heterocycles. The number of hydrogen-bond acceptors (Lipinski definition) is 5. The van der Waals surface area contributed by atoms with Crippen LogP contribution < -0.4 is 5.32 Å². The Hall–Kier alpha value is -3.20. The molecular formula is C25H31N3O5S. The minimum Gasteiger partial charge on any atom is -0.354 e. The summed E-state index contributed by atoms with van der Waals surface area (Å²) in [5.74, 6) is -1.05. The van der Waals surface area contributed by atoms with Gasteiger partial charge in [0.2, 0.25) is 11.8 Å². The number of benzene rings is 2. The van der Waals surface area contributed by atoms with Gasteiger partial charge in [-0.3, -0.25) is 14.4 Å². The zero-order valence-corrected chi connectivity index (χ0v) is 20.4. The summed E-state index contributed by atoms with van der Waals surface area (Å²) < 4.78 is 26.3. The standard InChI is InChI=1S/C25H31N3O5S/c1-3-16-26-24(30)19(2)27(18-15-20-10-5-4-6-11-20)23(29)14-9-17-28-25(31)21-12-7-8-13-22(21)34(28,32)33/h4-8,10-13,19H,3,9,14-18H2,1-2H3,(H,26,30)/t19-/m0/s1. The molecule has 34 heavy (non-hydrogen) atoms. The fraction of sp³-hybridized carbons (Fsp3) is 0.400. The first-order valence-electron chi connectivity index (χ1n) is 11.5. The van der Waals surface area contributed by atoms with Gasteiger partial charge in [0.15, 0.2) is 0 Å². The van der Waals surface area contributed by atoms with Crippen molar-refractivity contribution in [2.45, 2.75) is 50.5 Å². The molecule has 8 nitrogen and oxygen atoms in total. The molecule has 1 heterocycles. The van der Waals surface area contributed by atoms with Crippen LogP contribution in [0.4, 0.5) is 0 Å². The number of carbonyl (C=O) groups is 3. The van der Waals surface area contributed by atoms with Crippen molar-refractivity contribution in [2.75, 3.05) is 19.6 Å². The van der Waals surface area contributed by atoms with Gasteiger partial charge in [0, 0.05) is 26.1 Å². The van der Waals surface area contributed by atoms with Gasteiger partial charge in [-0.1, -0.05) is 49.4 Å². The van der Waals surface area contributed by atoms with E-state index >= 15 is 0 Å². The molecule has 0 aliphatic carbocycles. The Bertz CT molecular complexity index is 1130. The lowest BCUT2D eigenvalue weighted by Gasteiger charge is -2.29. The van der Waals surface area contributed by atoms with Crippen molar-refractivity contribution in [1.82, 2.24) is 14.5 Å². The van der Waals surface area contributed by atoms with Gasteiger partial charge in [0.25, 0.3) is 15.9 Å². The minimum absolute atomic E-state index is 0.00275. The molecule has 1 atom stereocenters. The van der Waals surface area contributed by atoms with Gasteiger partial charge in [-0.15, -0.1) is 0 Å². The van der Waals surface area contributed by atoms with E-state index in [1.54, 1.807) is 19.1 Å². The van der Waals surface area contributed by atoms with Crippen molar-refractivity contribution in [3.05, 3.63) is 65.7 Å². The SMILES string of the molecule is CCCNC(=O)[C@H](C)N(CCc1ccccc1)C(=O)CCCN1C(=O)c2ccccc2S1(=O)=O. The summed E-state index contributed by atoms with van der Waals surface area (Å²) in [4.78, 5) is 39.8. The van der Waals surface area contributed by atoms with E-state index in [1.165, 1.54) is 17.0 Å². The highest BCUT2D eigenvalue weighted by Crippen LogP contribution is 2.30. The molecule has 0 fully saturated rings. The first-order valence-corrected chi connectivity index (χ1v) is 13.0. The largest absolute Gasteiger partial charge is 0.354 e. The highest BCUT2D eigenvalue weighted by Gasteiger charge is 2.40. The van der Waals surface area contributed by atoms with Gasteiger partial charge in [0.05, 0.1) is 5.56 Å². The lowest BCUT2D eigenvalue weighted by atomic mass is 10.1. The Morgan fingerprint density at radius 2 is 1.74 bits per heavy atom. The molecule has 1 N–H and O–H groups in total. The van der Waals surface area contributed by atoms with Crippen molar-refractivity contribution in [2.24, 2.45) is 0 Å². The molecule has 3 rings (SSSR count). The topological polar surface area (TPSA) is 104 Å². The van der Waals surface area contributed by atoms with E-state index in [0.717, 1.165) is 16.3 Å². The van der Waals surface area contributed by atoms with E-state index in [9.17, 15) is 22.8 Å². The van der Waals surface area contributed by atoms with Gasteiger partial charge in [-0.2, -0.15) is 0 Å². The van der Waals surface area contributed by atoms with Crippen LogP contribution in [-0.4, -0.2) is 61.0 Å². The molecule has 3 amide bonds. The summed E-state index contributed by atoms with van der Waals surface area (Å²) in [5, 5.41) is 2.83. The van der Waals surface area contributed by atoms with Crippen LogP contribution >= 0.6 is 0 Å². The van der Waals surface area contributed by atoms with Crippen LogP contribution in [0, 0.1) is 0 Å². The van der Waals surface area contributed by atoms with Crippen LogP contribution in [-0.2, 0) is 26.0 Å². The first-order chi connectivity index (χ1) is 16.3. The fourth-order valence-corrected chi connectivity index (χ4v) is 5.54. The molecule has 182 valence electrons. The molecule has 2 aromatic rings. The van der Waals surface area contributed by atoms with Gasteiger partial charge >= 0.3 is 0 Å². The molecule has 2 aromatic carbocycles. The Labute approximate surface area is 201 Å². The molecule has 0 unspecified atom stereocenters. The Morgan fingerprint density at radius 3 is 2.41 bits per heavy atom. The average Bonchev–Trinajstić information content (AvgIpc) is 3.03. The predicted molar refractivity (Wildman–Crippen MR) is 129 cm³/mol. The molecule has 0 spiro atoms. The maximum absolute atomic E-state index is 13.1. The lowest BCUT2D eigenvalue weighted by Crippen LogP contribution is -2.49. The third-order valence-electron chi connectivity index (χ3n) is 5.86. The summed E-state index contributed by atoms with van der Waals surface area (Å²) in [6.07, 6.45) is 1.57. The molecule has 9 heteroatoms. The summed E-state index contributed by atoms with van der Waals surface area (Å²) in [6, 6.07) is 15.1. The summed E-state index contributed by atoms with van der Waals surface area (Å²) >= 11 is 0. The number of fused-ring (bicyclic) bond motifs is 1. The number of rotatable bonds is 11. The number of nitrogens with one attached hydrogen (secondary N) is 1. The van der Waals surface area contributed by atoms with Gasteiger partial charge in [0.1, 0.15) is 10.9 Å². The normalized spacial score (nSPS) is 15.0. The quantitative estimate of drug-likeness (QED) is 0.527. The van der Waals surface area contributed by atoms with Crippen molar-refractivity contribution in [3.63, 3.8) is 0 Å². The Kier molecular flexibility index (Phi) is 8.44. The number of nitrogens with zero attached hydrogens (tertiary/aromatic N) is 2. The van der Waals surface area contributed by atoms with Gasteiger partial charge in [-0.05, 0) is 43.9 Å². The maximum Gasteiger partial charge on any atom is 0.269 e. The number of sulfonamides is 1. The van der Waals surface area contributed by atoms with E-state index in [-0.39, 0.29) is 41.7 Å². The van der Waals surface area contributed by atoms with Crippen molar-refractivity contribution in [1.29, 1.82) is 0 Å². The van der Waals surface area contributed by atoms with E-state index in [1.807, 2.05) is 37.3 Å². The van der Waals surface area contributed by atoms with Crippen LogP contribution in [0.25, 0.3) is 0 Å². The molecule has 0 aromatic heterocycles. The minimum atomic E-state index is -3.91. The second-order valence-electron chi connectivity index (χ2n) is 8.27. The van der Waals surface area contributed by atoms with Crippen LogP contribution in [0.1, 0.15) is 49.0 Å². The van der Waals surface area contributed by atoms with Crippen molar-refractivity contribution >= 4 is 27.7 Å². The second-order valence-corrected chi connectivity index (χ2v) is 10.1. The smallest absolute Gasteiger partial charge is 0.269 e. The van der Waals surface area contributed by atoms with Crippen LogP contribution in [0.5, 0.6) is 0 Å². The van der Waals surface area contributed by atoms with Gasteiger partial charge < -0.3 is 10.2 Å². The zero-order valence-electron chi connectivity index (χ0n) is 19.6. The molecule has 1 aliphatic rings. The van der Waals surface area contributed by atoms with E-state index in [2.05, 4.69) is 5.32 Å². The molecule has 0 radical (unpaired) electrons. The zero-order chi connectivity index (χ0) is 24.7. The van der Waals surface area contributed by atoms with Crippen LogP contribution in [0.3, 0.4) is 0 Å². The lowest BCUT2D eigenvalue weighted by molar-refractivity contribution is -0.140. The highest BCUT2D eigenvalue weighted by atomic mass is 32.2. The van der Waals surface area contributed by atoms with E-state index in [0.29, 0.717) is 19.5 Å². The van der Waals surface area contributed by atoms with Crippen molar-refractivity contribution in [3.8, 4) is 0 Å². The maximum atomic E-state index is 13.1. The van der Waals surface area contributed by atoms with Crippen LogP contribution in [0.2, 0.25) is 0 Å². The summed E-state index contributed by atoms with van der Waals surface area (Å²) in [6.45, 7) is 4.44. The van der Waals surface area contributed by atoms with Gasteiger partial charge in [-0.25, -0.2) is 12.7 Å². The third kappa shape index (κ3) is 5.64. The molecule has 0 saturated carbocycles. The average molecular weight is 486 g/mol. The van der Waals surface area contributed by atoms with E-state index < -0.39 is 22.0 Å². The van der Waals surface area contributed by atoms with Crippen molar-refractivity contribution < 1.29 is 22.8 Å². The number of amides is 3. The Morgan fingerprint density at radius 1 is 1.06 bits per heavy atom. The van der Waals surface area contributed by atoms with E-state index in [4.69, 9.17) is 0 Å². The Balaban J connectivity index is 1.65. The molecule has 0 bridgehead atoms. The summed E-state index contributed by atoms with van der Waals surface area (Å²) in [5.41, 5.74) is 1.20. The molecule has 1 aliphatic heterocycles. The molecular weight excluding hydrogens is 454 g/mol.